The van der Waals surface area contributed by atoms with Crippen LogP contribution in [0.25, 0.3) is 11.0 Å². The number of aromatic nitrogens is 3. The van der Waals surface area contributed by atoms with E-state index in [2.05, 4.69) is 9.97 Å². The Hall–Kier alpha value is 2.64. The minimum absolute atomic E-state index is 0. The summed E-state index contributed by atoms with van der Waals surface area (Å²) >= 11 is 0. The van der Waals surface area contributed by atoms with E-state index in [1.54, 1.807) is 16.8 Å². The first-order valence-corrected chi connectivity index (χ1v) is 11.7. The Kier molecular flexibility index (Phi) is 23.0. The molecule has 18 heteroatoms. The molecule has 0 amide bonds. The van der Waals surface area contributed by atoms with E-state index in [1.165, 1.54) is 6.33 Å². The Balaban J connectivity index is -0.00000210. The number of nitrogens with one attached hydrogen (secondary N) is 1. The van der Waals surface area contributed by atoms with Gasteiger partial charge in [0, 0.05) is 18.7 Å². The zero-order chi connectivity index (χ0) is 20.8. The second-order valence-corrected chi connectivity index (χ2v) is 9.46. The molecule has 2 aromatic heterocycles. The first kappa shape index (κ1) is 39.2. The van der Waals surface area contributed by atoms with Gasteiger partial charge >= 0.3 is 118 Å². The zero-order valence-corrected chi connectivity index (χ0v) is 28.5. The molecule has 0 aliphatic rings. The smallest absolute Gasteiger partial charge is 0.811 e. The van der Waals surface area contributed by atoms with Crippen molar-refractivity contribution in [1.82, 2.24) is 14.5 Å². The van der Waals surface area contributed by atoms with E-state index in [1.807, 2.05) is 0 Å². The van der Waals surface area contributed by atoms with Crippen LogP contribution in [0.5, 0.6) is 0 Å². The third-order valence-electron chi connectivity index (χ3n) is 3.74. The molecule has 2 heterocycles. The number of nitrogens with zero attached hydrogens (tertiary/aromatic N) is 2. The van der Waals surface area contributed by atoms with Crippen LogP contribution in [0.3, 0.4) is 0 Å². The molecule has 0 aliphatic heterocycles. The maximum atomic E-state index is 11.8. The molecular formula is C14H19N3Na4O9P2. The molecule has 158 valence electrons. The van der Waals surface area contributed by atoms with Gasteiger partial charge in [0.15, 0.2) is 0 Å². The van der Waals surface area contributed by atoms with Crippen LogP contribution >= 0.6 is 15.2 Å². The normalized spacial score (nSPS) is 11.3. The van der Waals surface area contributed by atoms with Gasteiger partial charge in [0.05, 0.1) is 38.1 Å². The number of hydrogen-bond acceptors (Lipinski definition) is 10. The van der Waals surface area contributed by atoms with Crippen molar-refractivity contribution in [2.75, 3.05) is 38.8 Å². The quantitative estimate of drug-likeness (QED) is 0.157. The number of H-pyrrole nitrogens is 1. The van der Waals surface area contributed by atoms with Crippen LogP contribution in [0, 0.1) is 5.92 Å². The van der Waals surface area contributed by atoms with Crippen LogP contribution in [0.15, 0.2) is 23.4 Å². The van der Waals surface area contributed by atoms with Gasteiger partial charge in [-0.1, -0.05) is 15.2 Å². The Morgan fingerprint density at radius 2 is 1.47 bits per heavy atom. The molecule has 0 fully saturated rings. The number of aromatic amines is 1. The van der Waals surface area contributed by atoms with Crippen LogP contribution in [0.2, 0.25) is 0 Å². The summed E-state index contributed by atoms with van der Waals surface area (Å²) in [5.41, 5.74) is 0.108. The third-order valence-corrected chi connectivity index (χ3v) is 5.20. The van der Waals surface area contributed by atoms with E-state index >= 15 is 0 Å². The Labute approximate surface area is 273 Å². The molecule has 0 aliphatic carbocycles. The Morgan fingerprint density at radius 1 is 0.969 bits per heavy atom. The van der Waals surface area contributed by atoms with Crippen molar-refractivity contribution in [2.45, 2.75) is 6.54 Å². The molecule has 0 unspecified atom stereocenters. The van der Waals surface area contributed by atoms with Gasteiger partial charge < -0.3 is 47.7 Å². The van der Waals surface area contributed by atoms with Crippen LogP contribution in [-0.2, 0) is 25.1 Å². The molecular weight excluding hydrogens is 508 g/mol. The molecule has 0 saturated carbocycles. The molecule has 32 heavy (non-hydrogen) atoms. The molecule has 0 radical (unpaired) electrons. The molecule has 2 aromatic rings. The average Bonchev–Trinajstić information content (AvgIpc) is 2.98. The van der Waals surface area contributed by atoms with Crippen molar-refractivity contribution in [3.8, 4) is 0 Å². The summed E-state index contributed by atoms with van der Waals surface area (Å²) in [5.74, 6) is -0.382. The Bertz CT molecular complexity index is 904. The predicted octanol–water partition coefficient (Wildman–Crippen LogP) is -14.8. The molecule has 0 saturated heterocycles. The minimum atomic E-state index is -4.68. The molecule has 2 rings (SSSR count). The molecule has 1 N–H and O–H groups in total. The van der Waals surface area contributed by atoms with E-state index in [-0.39, 0.29) is 163 Å². The SMILES string of the molecule is O=c1[nH]cnc2c1ccn2CC(COCCP(=O)([O-])[O-])COCCP(=O)([O-])[O-].[Na+].[Na+].[Na+].[Na+]. The summed E-state index contributed by atoms with van der Waals surface area (Å²) in [5, 5.41) is 0.375. The van der Waals surface area contributed by atoms with Gasteiger partial charge in [-0.2, -0.15) is 0 Å². The zero-order valence-electron chi connectivity index (χ0n) is 18.7. The minimum Gasteiger partial charge on any atom is -0.811 e. The van der Waals surface area contributed by atoms with Crippen molar-refractivity contribution in [3.63, 3.8) is 0 Å². The standard InChI is InChI=1S/C14H23N3O9P2.4Na/c18-14-12-1-2-17(13(12)15-10-16-14)7-11(8-25-3-5-27(19,20)21)9-26-4-6-28(22,23)24;;;;/h1-2,10-11H,3-9H2,(H,15,16,18)(H2,19,20,21)(H2,22,23,24);;;;/q;4*+1/p-4. The van der Waals surface area contributed by atoms with Crippen LogP contribution in [0.4, 0.5) is 0 Å². The number of hydrogen-bond donors (Lipinski definition) is 1. The second-order valence-electron chi connectivity index (χ2n) is 6.12. The molecule has 12 nitrogen and oxygen atoms in total. The summed E-state index contributed by atoms with van der Waals surface area (Å²) in [6.07, 6.45) is 1.58. The van der Waals surface area contributed by atoms with Crippen molar-refractivity contribution < 1.29 is 156 Å². The van der Waals surface area contributed by atoms with Crippen molar-refractivity contribution in [3.05, 3.63) is 28.9 Å². The number of rotatable bonds is 12. The second kappa shape index (κ2) is 18.8. The summed E-state index contributed by atoms with van der Waals surface area (Å²) in [7, 11) is -9.35. The third kappa shape index (κ3) is 15.7. The molecule has 0 bridgehead atoms. The summed E-state index contributed by atoms with van der Waals surface area (Å²) in [6, 6.07) is 1.58. The van der Waals surface area contributed by atoms with Crippen molar-refractivity contribution in [1.29, 1.82) is 0 Å². The van der Waals surface area contributed by atoms with Gasteiger partial charge in [0.2, 0.25) is 0 Å². The summed E-state index contributed by atoms with van der Waals surface area (Å²) < 4.78 is 33.4. The molecule has 0 atom stereocenters. The topological polar surface area (TPSA) is 196 Å². The fraction of sp³-hybridized carbons (Fsp3) is 0.571. The van der Waals surface area contributed by atoms with E-state index in [4.69, 9.17) is 9.47 Å². The van der Waals surface area contributed by atoms with Gasteiger partial charge in [-0.05, 0) is 18.4 Å². The van der Waals surface area contributed by atoms with Crippen LogP contribution in [-0.4, -0.2) is 53.3 Å². The number of fused-ring (bicyclic) bond motifs is 1. The van der Waals surface area contributed by atoms with Crippen molar-refractivity contribution >= 4 is 26.2 Å². The Morgan fingerprint density at radius 3 is 1.94 bits per heavy atom. The van der Waals surface area contributed by atoms with Crippen LogP contribution < -0.4 is 143 Å². The summed E-state index contributed by atoms with van der Waals surface area (Å²) in [4.78, 5) is 60.9. The molecule has 0 aromatic carbocycles. The predicted molar refractivity (Wildman–Crippen MR) is 90.4 cm³/mol. The van der Waals surface area contributed by atoms with E-state index in [9.17, 15) is 33.5 Å². The van der Waals surface area contributed by atoms with Gasteiger partial charge in [-0.15, -0.1) is 0 Å². The fourth-order valence-electron chi connectivity index (χ4n) is 2.45. The fourth-order valence-corrected chi connectivity index (χ4v) is 3.15. The van der Waals surface area contributed by atoms with Crippen LogP contribution in [0.1, 0.15) is 0 Å². The van der Waals surface area contributed by atoms with Gasteiger partial charge in [0.25, 0.3) is 5.56 Å². The van der Waals surface area contributed by atoms with Gasteiger partial charge in [-0.25, -0.2) is 4.98 Å². The molecule has 0 spiro atoms. The summed E-state index contributed by atoms with van der Waals surface area (Å²) in [6.45, 7) is -0.299. The van der Waals surface area contributed by atoms with E-state index in [0.717, 1.165) is 0 Å². The van der Waals surface area contributed by atoms with E-state index < -0.39 is 27.5 Å². The maximum absolute atomic E-state index is 11.8. The first-order chi connectivity index (χ1) is 13.1. The maximum Gasteiger partial charge on any atom is 1.00 e. The van der Waals surface area contributed by atoms with Gasteiger partial charge in [-0.3, -0.25) is 4.79 Å². The average molecular weight is 527 g/mol. The monoisotopic (exact) mass is 527 g/mol. The first-order valence-electron chi connectivity index (χ1n) is 8.25. The van der Waals surface area contributed by atoms with Gasteiger partial charge in [0.1, 0.15) is 5.65 Å². The number of ether oxygens (including phenoxy) is 2. The van der Waals surface area contributed by atoms with E-state index in [0.29, 0.717) is 11.0 Å². The largest absolute Gasteiger partial charge is 1.00 e. The van der Waals surface area contributed by atoms with Crippen molar-refractivity contribution in [2.24, 2.45) is 5.92 Å².